The fourth-order valence-electron chi connectivity index (χ4n) is 3.84. The number of hydrogen-bond acceptors (Lipinski definition) is 3. The average Bonchev–Trinajstić information content (AvgIpc) is 3.32. The molecule has 0 saturated heterocycles. The number of para-hydroxylation sites is 1. The van der Waals surface area contributed by atoms with Crippen molar-refractivity contribution in [2.24, 2.45) is 5.10 Å². The van der Waals surface area contributed by atoms with E-state index in [1.807, 2.05) is 24.3 Å². The molecule has 0 radical (unpaired) electrons. The molecule has 0 N–H and O–H groups in total. The Kier molecular flexibility index (Phi) is 5.36. The van der Waals surface area contributed by atoms with Gasteiger partial charge in [-0.05, 0) is 61.5 Å². The Morgan fingerprint density at radius 3 is 2.45 bits per heavy atom. The standard InChI is InChI=1S/C26H17Cl2N3O2/c1-16-23(26(33)31(29-16)21-6-4-5-20(28)14-21)13-18-15-30(24-8-3-2-7-22(18)24)25(32)17-9-11-19(27)12-10-17/h2-15H,1H3/b23-13-. The number of halogens is 2. The number of hydrazone groups is 1. The van der Waals surface area contributed by atoms with E-state index in [1.54, 1.807) is 72.3 Å². The second-order valence-electron chi connectivity index (χ2n) is 7.62. The fraction of sp³-hybridized carbons (Fsp3) is 0.0385. The molecule has 1 amide bonds. The number of carbonyl (C=O) groups excluding carboxylic acids is 2. The first-order valence-corrected chi connectivity index (χ1v) is 11.0. The summed E-state index contributed by atoms with van der Waals surface area (Å²) in [5, 5.41) is 7.70. The minimum absolute atomic E-state index is 0.184. The summed E-state index contributed by atoms with van der Waals surface area (Å²) < 4.78 is 1.59. The third kappa shape index (κ3) is 3.86. The van der Waals surface area contributed by atoms with Crippen molar-refractivity contribution in [1.82, 2.24) is 4.57 Å². The number of anilines is 1. The maximum absolute atomic E-state index is 13.2. The summed E-state index contributed by atoms with van der Waals surface area (Å²) >= 11 is 12.1. The molecule has 3 aromatic carbocycles. The molecular formula is C26H17Cl2N3O2. The second kappa shape index (κ2) is 8.35. The van der Waals surface area contributed by atoms with E-state index in [0.717, 1.165) is 16.5 Å². The number of benzene rings is 3. The fourth-order valence-corrected chi connectivity index (χ4v) is 4.15. The number of amides is 1. The molecule has 0 atom stereocenters. The van der Waals surface area contributed by atoms with E-state index >= 15 is 0 Å². The highest BCUT2D eigenvalue weighted by molar-refractivity contribution is 6.33. The van der Waals surface area contributed by atoms with Crippen LogP contribution in [0.25, 0.3) is 17.0 Å². The van der Waals surface area contributed by atoms with Crippen LogP contribution in [0.5, 0.6) is 0 Å². The summed E-state index contributed by atoms with van der Waals surface area (Å²) in [6.45, 7) is 1.78. The molecule has 5 rings (SSSR count). The summed E-state index contributed by atoms with van der Waals surface area (Å²) in [5.41, 5.74) is 3.64. The minimum atomic E-state index is -0.254. The van der Waals surface area contributed by atoms with Crippen LogP contribution < -0.4 is 5.01 Å². The highest BCUT2D eigenvalue weighted by atomic mass is 35.5. The predicted octanol–water partition coefficient (Wildman–Crippen LogP) is 6.44. The third-order valence-corrected chi connectivity index (χ3v) is 5.95. The van der Waals surface area contributed by atoms with Crippen LogP contribution in [-0.4, -0.2) is 22.1 Å². The molecule has 1 aliphatic heterocycles. The summed E-state index contributed by atoms with van der Waals surface area (Å²) in [6, 6.07) is 21.3. The summed E-state index contributed by atoms with van der Waals surface area (Å²) in [7, 11) is 0. The smallest absolute Gasteiger partial charge is 0.280 e. The quantitative estimate of drug-likeness (QED) is 0.321. The van der Waals surface area contributed by atoms with Crippen molar-refractivity contribution in [1.29, 1.82) is 0 Å². The molecule has 0 fully saturated rings. The topological polar surface area (TPSA) is 54.7 Å². The van der Waals surface area contributed by atoms with Gasteiger partial charge in [0.05, 0.1) is 22.5 Å². The zero-order chi connectivity index (χ0) is 23.1. The summed E-state index contributed by atoms with van der Waals surface area (Å²) in [6.07, 6.45) is 3.52. The first kappa shape index (κ1) is 21.2. The Morgan fingerprint density at radius 2 is 1.70 bits per heavy atom. The molecular weight excluding hydrogens is 457 g/mol. The van der Waals surface area contributed by atoms with Crippen molar-refractivity contribution in [3.63, 3.8) is 0 Å². The van der Waals surface area contributed by atoms with Gasteiger partial charge >= 0.3 is 0 Å². The van der Waals surface area contributed by atoms with Crippen molar-refractivity contribution in [3.8, 4) is 0 Å². The van der Waals surface area contributed by atoms with E-state index in [1.165, 1.54) is 5.01 Å². The SMILES string of the molecule is CC1=NN(c2cccc(Cl)c2)C(=O)/C1=C\c1cn(C(=O)c2ccc(Cl)cc2)c2ccccc12. The Hall–Kier alpha value is -3.67. The van der Waals surface area contributed by atoms with E-state index in [-0.39, 0.29) is 11.8 Å². The summed E-state index contributed by atoms with van der Waals surface area (Å²) in [5.74, 6) is -0.438. The first-order chi connectivity index (χ1) is 15.9. The molecule has 33 heavy (non-hydrogen) atoms. The molecule has 0 unspecified atom stereocenters. The lowest BCUT2D eigenvalue weighted by atomic mass is 10.1. The molecule has 4 aromatic rings. The molecule has 0 bridgehead atoms. The van der Waals surface area contributed by atoms with Crippen molar-refractivity contribution in [2.45, 2.75) is 6.92 Å². The predicted molar refractivity (Wildman–Crippen MR) is 133 cm³/mol. The van der Waals surface area contributed by atoms with Crippen LogP contribution >= 0.6 is 23.2 Å². The van der Waals surface area contributed by atoms with Crippen LogP contribution in [-0.2, 0) is 4.79 Å². The number of fused-ring (bicyclic) bond motifs is 1. The lowest BCUT2D eigenvalue weighted by Gasteiger charge is -2.11. The van der Waals surface area contributed by atoms with Gasteiger partial charge in [0.1, 0.15) is 0 Å². The molecule has 0 spiro atoms. The van der Waals surface area contributed by atoms with Gasteiger partial charge in [-0.1, -0.05) is 47.5 Å². The number of aromatic nitrogens is 1. The average molecular weight is 474 g/mol. The number of hydrogen-bond donors (Lipinski definition) is 0. The molecule has 162 valence electrons. The lowest BCUT2D eigenvalue weighted by Crippen LogP contribution is -2.21. The Labute approximate surface area is 200 Å². The van der Waals surface area contributed by atoms with E-state index in [0.29, 0.717) is 32.6 Å². The number of rotatable bonds is 3. The van der Waals surface area contributed by atoms with E-state index < -0.39 is 0 Å². The zero-order valence-electron chi connectivity index (χ0n) is 17.5. The zero-order valence-corrected chi connectivity index (χ0v) is 19.0. The monoisotopic (exact) mass is 473 g/mol. The second-order valence-corrected chi connectivity index (χ2v) is 8.50. The van der Waals surface area contributed by atoms with Crippen LogP contribution in [0.4, 0.5) is 5.69 Å². The van der Waals surface area contributed by atoms with Crippen molar-refractivity contribution < 1.29 is 9.59 Å². The van der Waals surface area contributed by atoms with Crippen molar-refractivity contribution in [2.75, 3.05) is 5.01 Å². The van der Waals surface area contributed by atoms with Gasteiger partial charge in [0.25, 0.3) is 11.8 Å². The molecule has 1 aromatic heterocycles. The highest BCUT2D eigenvalue weighted by Gasteiger charge is 2.29. The molecule has 7 heteroatoms. The lowest BCUT2D eigenvalue weighted by molar-refractivity contribution is -0.114. The van der Waals surface area contributed by atoms with Crippen LogP contribution in [0.3, 0.4) is 0 Å². The van der Waals surface area contributed by atoms with Crippen molar-refractivity contribution in [3.05, 3.63) is 106 Å². The van der Waals surface area contributed by atoms with Gasteiger partial charge in [-0.3, -0.25) is 14.2 Å². The van der Waals surface area contributed by atoms with Gasteiger partial charge in [-0.15, -0.1) is 0 Å². The number of carbonyl (C=O) groups is 2. The molecule has 0 aliphatic carbocycles. The van der Waals surface area contributed by atoms with Gasteiger partial charge in [0.2, 0.25) is 0 Å². The maximum Gasteiger partial charge on any atom is 0.280 e. The highest BCUT2D eigenvalue weighted by Crippen LogP contribution is 2.30. The first-order valence-electron chi connectivity index (χ1n) is 10.2. The maximum atomic E-state index is 13.2. The van der Waals surface area contributed by atoms with Gasteiger partial charge in [0, 0.05) is 32.8 Å². The normalized spacial score (nSPS) is 14.9. The van der Waals surface area contributed by atoms with Crippen LogP contribution in [0, 0.1) is 0 Å². The van der Waals surface area contributed by atoms with E-state index in [2.05, 4.69) is 5.10 Å². The van der Waals surface area contributed by atoms with Crippen molar-refractivity contribution >= 4 is 63.4 Å². The molecule has 2 heterocycles. The Bertz CT molecular complexity index is 1480. The van der Waals surface area contributed by atoms with E-state index in [9.17, 15) is 9.59 Å². The van der Waals surface area contributed by atoms with Crippen LogP contribution in [0.2, 0.25) is 10.0 Å². The number of nitrogens with zero attached hydrogens (tertiary/aromatic N) is 3. The third-order valence-electron chi connectivity index (χ3n) is 5.47. The summed E-state index contributed by atoms with van der Waals surface area (Å²) in [4.78, 5) is 26.4. The van der Waals surface area contributed by atoms with Gasteiger partial charge < -0.3 is 0 Å². The minimum Gasteiger partial charge on any atom is -0.283 e. The molecule has 1 aliphatic rings. The van der Waals surface area contributed by atoms with Gasteiger partial charge in [0.15, 0.2) is 0 Å². The molecule has 0 saturated carbocycles. The van der Waals surface area contributed by atoms with Crippen LogP contribution in [0.15, 0.2) is 89.7 Å². The van der Waals surface area contributed by atoms with Gasteiger partial charge in [-0.25, -0.2) is 0 Å². The van der Waals surface area contributed by atoms with Gasteiger partial charge in [-0.2, -0.15) is 10.1 Å². The van der Waals surface area contributed by atoms with Crippen LogP contribution in [0.1, 0.15) is 22.8 Å². The largest absolute Gasteiger partial charge is 0.283 e. The Morgan fingerprint density at radius 1 is 0.939 bits per heavy atom. The molecule has 5 nitrogen and oxygen atoms in total. The Balaban J connectivity index is 1.57. The van der Waals surface area contributed by atoms with E-state index in [4.69, 9.17) is 23.2 Å².